The van der Waals surface area contributed by atoms with E-state index in [4.69, 9.17) is 0 Å². The lowest BCUT2D eigenvalue weighted by atomic mass is 10.1. The van der Waals surface area contributed by atoms with E-state index in [0.29, 0.717) is 0 Å². The molecule has 0 bridgehead atoms. The molecule has 0 aliphatic carbocycles. The van der Waals surface area contributed by atoms with Crippen molar-refractivity contribution in [3.8, 4) is 0 Å². The molecule has 26 heavy (non-hydrogen) atoms. The second-order valence-electron chi connectivity index (χ2n) is 6.24. The van der Waals surface area contributed by atoms with Gasteiger partial charge in [0.25, 0.3) is 0 Å². The number of rotatable bonds is 8. The predicted molar refractivity (Wildman–Crippen MR) is 103 cm³/mol. The summed E-state index contributed by atoms with van der Waals surface area (Å²) in [5.41, 5.74) is 2.71. The number of sulfonamides is 2. The van der Waals surface area contributed by atoms with E-state index in [-0.39, 0.29) is 24.5 Å². The van der Waals surface area contributed by atoms with Crippen LogP contribution >= 0.6 is 0 Å². The third-order valence-electron chi connectivity index (χ3n) is 4.03. The molecule has 0 heterocycles. The van der Waals surface area contributed by atoms with Gasteiger partial charge in [0.15, 0.2) is 0 Å². The molecule has 0 aliphatic heterocycles. The molecule has 0 atom stereocenters. The first-order chi connectivity index (χ1) is 12.1. The molecule has 2 aromatic rings. The van der Waals surface area contributed by atoms with Gasteiger partial charge in [0.1, 0.15) is 0 Å². The quantitative estimate of drug-likeness (QED) is 0.740. The predicted octanol–water partition coefficient (Wildman–Crippen LogP) is 2.04. The van der Waals surface area contributed by atoms with Crippen LogP contribution in [0.3, 0.4) is 0 Å². The van der Waals surface area contributed by atoms with Gasteiger partial charge in [-0.15, -0.1) is 0 Å². The average molecular weight is 397 g/mol. The molecule has 0 unspecified atom stereocenters. The largest absolute Gasteiger partial charge is 0.240 e. The van der Waals surface area contributed by atoms with E-state index in [1.54, 1.807) is 12.1 Å². The summed E-state index contributed by atoms with van der Waals surface area (Å²) < 4.78 is 52.6. The third kappa shape index (κ3) is 5.63. The van der Waals surface area contributed by atoms with Gasteiger partial charge in [-0.3, -0.25) is 0 Å². The Kier molecular flexibility index (Phi) is 6.57. The molecule has 8 heteroatoms. The third-order valence-corrected chi connectivity index (χ3v) is 6.74. The summed E-state index contributed by atoms with van der Waals surface area (Å²) in [6.07, 6.45) is 1.13. The number of hydrogen-bond acceptors (Lipinski definition) is 4. The molecule has 0 aliphatic rings. The number of aryl methyl sites for hydroxylation is 2. The Hall–Kier alpha value is -1.74. The second kappa shape index (κ2) is 8.30. The molecule has 0 fully saturated rings. The van der Waals surface area contributed by atoms with E-state index in [0.717, 1.165) is 22.9 Å². The molecule has 2 aromatic carbocycles. The first kappa shape index (κ1) is 20.6. The molecule has 142 valence electrons. The van der Waals surface area contributed by atoms with Crippen LogP contribution in [0.2, 0.25) is 0 Å². The van der Waals surface area contributed by atoms with E-state index < -0.39 is 20.0 Å². The minimum absolute atomic E-state index is 0.00474. The average Bonchev–Trinajstić information content (AvgIpc) is 2.54. The van der Waals surface area contributed by atoms with Crippen molar-refractivity contribution < 1.29 is 16.8 Å². The Bertz CT molecular complexity index is 970. The van der Waals surface area contributed by atoms with Crippen LogP contribution in [0.4, 0.5) is 0 Å². The molecule has 0 amide bonds. The summed E-state index contributed by atoms with van der Waals surface area (Å²) in [6, 6.07) is 14.1. The van der Waals surface area contributed by atoms with Gasteiger partial charge in [0, 0.05) is 19.6 Å². The van der Waals surface area contributed by atoms with Crippen molar-refractivity contribution >= 4 is 20.0 Å². The van der Waals surface area contributed by atoms with Crippen LogP contribution in [0.15, 0.2) is 53.4 Å². The lowest BCUT2D eigenvalue weighted by molar-refractivity contribution is 0.411. The molecule has 6 nitrogen and oxygen atoms in total. The summed E-state index contributed by atoms with van der Waals surface area (Å²) in [6.45, 7) is 3.98. The van der Waals surface area contributed by atoms with Gasteiger partial charge in [-0.2, -0.15) is 4.31 Å². The Labute approximate surface area is 156 Å². The van der Waals surface area contributed by atoms with Crippen molar-refractivity contribution in [3.63, 3.8) is 0 Å². The minimum Gasteiger partial charge on any atom is -0.212 e. The molecule has 0 saturated carbocycles. The smallest absolute Gasteiger partial charge is 0.212 e. The first-order valence-corrected chi connectivity index (χ1v) is 11.5. The zero-order chi connectivity index (χ0) is 19.4. The van der Waals surface area contributed by atoms with Crippen LogP contribution in [0.25, 0.3) is 0 Å². The van der Waals surface area contributed by atoms with Gasteiger partial charge in [-0.25, -0.2) is 21.6 Å². The summed E-state index contributed by atoms with van der Waals surface area (Å²) >= 11 is 0. The zero-order valence-electron chi connectivity index (χ0n) is 15.1. The van der Waals surface area contributed by atoms with Crippen molar-refractivity contribution in [2.75, 3.05) is 19.3 Å². The number of benzene rings is 2. The van der Waals surface area contributed by atoms with E-state index in [2.05, 4.69) is 4.72 Å². The van der Waals surface area contributed by atoms with Gasteiger partial charge < -0.3 is 0 Å². The number of hydrogen-bond donors (Lipinski definition) is 1. The topological polar surface area (TPSA) is 83.6 Å². The highest BCUT2D eigenvalue weighted by atomic mass is 32.2. The van der Waals surface area contributed by atoms with Crippen molar-refractivity contribution in [1.29, 1.82) is 0 Å². The Morgan fingerprint density at radius 2 is 1.65 bits per heavy atom. The van der Waals surface area contributed by atoms with Crippen LogP contribution in [-0.4, -0.2) is 40.5 Å². The lowest BCUT2D eigenvalue weighted by Crippen LogP contribution is -2.37. The summed E-state index contributed by atoms with van der Waals surface area (Å²) in [5.74, 6) is 0. The van der Waals surface area contributed by atoms with E-state index in [9.17, 15) is 16.8 Å². The van der Waals surface area contributed by atoms with Crippen LogP contribution in [0.5, 0.6) is 0 Å². The molecular formula is C18H24N2O4S2. The second-order valence-corrected chi connectivity index (χ2v) is 9.99. The van der Waals surface area contributed by atoms with Gasteiger partial charge in [0.05, 0.1) is 11.2 Å². The van der Waals surface area contributed by atoms with Gasteiger partial charge in [0.2, 0.25) is 20.0 Å². The number of nitrogens with one attached hydrogen (secondary N) is 1. The lowest BCUT2D eigenvalue weighted by Gasteiger charge is -2.21. The standard InChI is InChI=1S/C18H24N2O4S2/c1-15-7-6-10-18(13-15)26(23,24)19-11-12-20(25(3,21)22)14-17-9-5-4-8-16(17)2/h4-10,13,19H,11-12,14H2,1-3H3. The Morgan fingerprint density at radius 3 is 2.27 bits per heavy atom. The fourth-order valence-electron chi connectivity index (χ4n) is 2.51. The summed E-state index contributed by atoms with van der Waals surface area (Å²) in [4.78, 5) is 0.169. The molecule has 0 aromatic heterocycles. The molecular weight excluding hydrogens is 372 g/mol. The van der Waals surface area contributed by atoms with Crippen LogP contribution < -0.4 is 4.72 Å². The normalized spacial score (nSPS) is 12.5. The van der Waals surface area contributed by atoms with Crippen molar-refractivity contribution in [1.82, 2.24) is 9.03 Å². The SMILES string of the molecule is Cc1cccc(S(=O)(=O)NCCN(Cc2ccccc2C)S(C)(=O)=O)c1. The van der Waals surface area contributed by atoms with Gasteiger partial charge >= 0.3 is 0 Å². The fourth-order valence-corrected chi connectivity index (χ4v) is 4.43. The van der Waals surface area contributed by atoms with E-state index >= 15 is 0 Å². The van der Waals surface area contributed by atoms with Gasteiger partial charge in [-0.1, -0.05) is 36.4 Å². The highest BCUT2D eigenvalue weighted by molar-refractivity contribution is 7.89. The number of nitrogens with zero attached hydrogens (tertiary/aromatic N) is 1. The van der Waals surface area contributed by atoms with Crippen molar-refractivity contribution in [2.45, 2.75) is 25.3 Å². The first-order valence-electron chi connectivity index (χ1n) is 8.15. The van der Waals surface area contributed by atoms with Crippen molar-refractivity contribution in [3.05, 3.63) is 65.2 Å². The maximum atomic E-state index is 12.3. The van der Waals surface area contributed by atoms with Crippen LogP contribution in [0, 0.1) is 13.8 Å². The summed E-state index contributed by atoms with van der Waals surface area (Å²) in [5, 5.41) is 0. The molecule has 1 N–H and O–H groups in total. The fraction of sp³-hybridized carbons (Fsp3) is 0.333. The Morgan fingerprint density at radius 1 is 0.962 bits per heavy atom. The van der Waals surface area contributed by atoms with Crippen molar-refractivity contribution in [2.24, 2.45) is 0 Å². The maximum absolute atomic E-state index is 12.3. The molecule has 0 saturated heterocycles. The molecule has 0 spiro atoms. The highest BCUT2D eigenvalue weighted by Crippen LogP contribution is 2.13. The van der Waals surface area contributed by atoms with E-state index in [1.807, 2.05) is 44.2 Å². The monoisotopic (exact) mass is 396 g/mol. The zero-order valence-corrected chi connectivity index (χ0v) is 16.8. The molecule has 2 rings (SSSR count). The summed E-state index contributed by atoms with van der Waals surface area (Å²) in [7, 11) is -7.15. The minimum atomic E-state index is -3.68. The Balaban J connectivity index is 2.07. The highest BCUT2D eigenvalue weighted by Gasteiger charge is 2.19. The van der Waals surface area contributed by atoms with E-state index in [1.165, 1.54) is 10.4 Å². The van der Waals surface area contributed by atoms with Crippen LogP contribution in [-0.2, 0) is 26.6 Å². The van der Waals surface area contributed by atoms with Crippen LogP contribution in [0.1, 0.15) is 16.7 Å². The maximum Gasteiger partial charge on any atom is 0.240 e. The molecule has 0 radical (unpaired) electrons. The van der Waals surface area contributed by atoms with Gasteiger partial charge in [-0.05, 0) is 42.7 Å².